The molecule has 1 saturated carbocycles. The van der Waals surface area contributed by atoms with Crippen molar-refractivity contribution in [1.29, 1.82) is 0 Å². The monoisotopic (exact) mass is 182 g/mol. The SMILES string of the molecule is CC1CC(C)(C)CC/C1=C\C(=O)O. The second-order valence-corrected chi connectivity index (χ2v) is 4.83. The van der Waals surface area contributed by atoms with Gasteiger partial charge in [-0.2, -0.15) is 0 Å². The molecule has 0 saturated heterocycles. The lowest BCUT2D eigenvalue weighted by Gasteiger charge is -2.35. The van der Waals surface area contributed by atoms with Gasteiger partial charge in [-0.25, -0.2) is 4.79 Å². The highest BCUT2D eigenvalue weighted by Gasteiger charge is 2.28. The van der Waals surface area contributed by atoms with Crippen LogP contribution in [0.2, 0.25) is 0 Å². The molecule has 13 heavy (non-hydrogen) atoms. The van der Waals surface area contributed by atoms with E-state index < -0.39 is 5.97 Å². The molecule has 0 bridgehead atoms. The fourth-order valence-electron chi connectivity index (χ4n) is 2.16. The summed E-state index contributed by atoms with van der Waals surface area (Å²) in [5, 5.41) is 8.64. The van der Waals surface area contributed by atoms with Gasteiger partial charge in [-0.05, 0) is 30.6 Å². The van der Waals surface area contributed by atoms with Crippen molar-refractivity contribution < 1.29 is 9.90 Å². The van der Waals surface area contributed by atoms with Crippen molar-refractivity contribution in [3.05, 3.63) is 11.6 Å². The summed E-state index contributed by atoms with van der Waals surface area (Å²) in [5.41, 5.74) is 1.49. The third kappa shape index (κ3) is 2.87. The predicted molar refractivity (Wildman–Crippen MR) is 52.5 cm³/mol. The van der Waals surface area contributed by atoms with E-state index in [1.54, 1.807) is 0 Å². The zero-order chi connectivity index (χ0) is 10.1. The van der Waals surface area contributed by atoms with E-state index in [0.29, 0.717) is 11.3 Å². The Kier molecular flexibility index (Phi) is 2.79. The summed E-state index contributed by atoms with van der Waals surface area (Å²) in [6.45, 7) is 6.62. The van der Waals surface area contributed by atoms with Crippen LogP contribution in [0.3, 0.4) is 0 Å². The molecule has 1 aliphatic rings. The maximum absolute atomic E-state index is 10.5. The average molecular weight is 182 g/mol. The molecule has 1 N–H and O–H groups in total. The van der Waals surface area contributed by atoms with Crippen LogP contribution in [-0.4, -0.2) is 11.1 Å². The van der Waals surface area contributed by atoms with Gasteiger partial charge >= 0.3 is 5.97 Å². The summed E-state index contributed by atoms with van der Waals surface area (Å²) in [7, 11) is 0. The molecule has 2 nitrogen and oxygen atoms in total. The fraction of sp³-hybridized carbons (Fsp3) is 0.727. The molecule has 2 heteroatoms. The number of allylic oxidation sites excluding steroid dienone is 1. The summed E-state index contributed by atoms with van der Waals surface area (Å²) in [4.78, 5) is 10.5. The van der Waals surface area contributed by atoms with Crippen LogP contribution in [0, 0.1) is 11.3 Å². The minimum Gasteiger partial charge on any atom is -0.478 e. The van der Waals surface area contributed by atoms with E-state index in [1.807, 2.05) is 0 Å². The fourth-order valence-corrected chi connectivity index (χ4v) is 2.16. The van der Waals surface area contributed by atoms with E-state index in [1.165, 1.54) is 6.08 Å². The van der Waals surface area contributed by atoms with Gasteiger partial charge in [0.05, 0.1) is 0 Å². The molecular weight excluding hydrogens is 164 g/mol. The number of hydrogen-bond donors (Lipinski definition) is 1. The lowest BCUT2D eigenvalue weighted by molar-refractivity contribution is -0.131. The second kappa shape index (κ2) is 3.52. The maximum Gasteiger partial charge on any atom is 0.328 e. The van der Waals surface area contributed by atoms with Crippen LogP contribution < -0.4 is 0 Å². The Labute approximate surface area is 79.6 Å². The van der Waals surface area contributed by atoms with Crippen LogP contribution in [0.4, 0.5) is 0 Å². The van der Waals surface area contributed by atoms with E-state index in [2.05, 4.69) is 20.8 Å². The summed E-state index contributed by atoms with van der Waals surface area (Å²) in [5.74, 6) is -0.374. The first-order valence-electron chi connectivity index (χ1n) is 4.84. The third-order valence-corrected chi connectivity index (χ3v) is 2.89. The van der Waals surface area contributed by atoms with Gasteiger partial charge in [0.25, 0.3) is 0 Å². The molecule has 1 rings (SSSR count). The Bertz CT molecular complexity index is 238. The quantitative estimate of drug-likeness (QED) is 0.633. The van der Waals surface area contributed by atoms with Gasteiger partial charge in [0, 0.05) is 6.08 Å². The van der Waals surface area contributed by atoms with Crippen molar-refractivity contribution in [1.82, 2.24) is 0 Å². The zero-order valence-electron chi connectivity index (χ0n) is 8.63. The Hall–Kier alpha value is -0.790. The summed E-state index contributed by atoms with van der Waals surface area (Å²) < 4.78 is 0. The van der Waals surface area contributed by atoms with E-state index in [9.17, 15) is 4.79 Å². The molecule has 0 heterocycles. The summed E-state index contributed by atoms with van der Waals surface area (Å²) in [6.07, 6.45) is 4.54. The first-order valence-corrected chi connectivity index (χ1v) is 4.84. The number of carbonyl (C=O) groups is 1. The Morgan fingerprint density at radius 1 is 1.62 bits per heavy atom. The normalized spacial score (nSPS) is 30.4. The van der Waals surface area contributed by atoms with Crippen LogP contribution in [-0.2, 0) is 4.79 Å². The van der Waals surface area contributed by atoms with E-state index >= 15 is 0 Å². The van der Waals surface area contributed by atoms with Crippen molar-refractivity contribution >= 4 is 5.97 Å². The van der Waals surface area contributed by atoms with Crippen molar-refractivity contribution in [3.63, 3.8) is 0 Å². The maximum atomic E-state index is 10.5. The number of carboxylic acid groups (broad SMARTS) is 1. The van der Waals surface area contributed by atoms with Gasteiger partial charge in [0.2, 0.25) is 0 Å². The minimum absolute atomic E-state index is 0.384. The Balaban J connectivity index is 2.69. The van der Waals surface area contributed by atoms with E-state index in [-0.39, 0.29) is 0 Å². The number of carboxylic acids is 1. The molecule has 0 aromatic heterocycles. The van der Waals surface area contributed by atoms with Crippen molar-refractivity contribution in [2.24, 2.45) is 11.3 Å². The lowest BCUT2D eigenvalue weighted by atomic mass is 9.70. The average Bonchev–Trinajstić information content (AvgIpc) is 1.93. The largest absolute Gasteiger partial charge is 0.478 e. The first-order chi connectivity index (χ1) is 5.91. The molecule has 0 aromatic carbocycles. The number of aliphatic carboxylic acids is 1. The van der Waals surface area contributed by atoms with Gasteiger partial charge in [0.1, 0.15) is 0 Å². The van der Waals surface area contributed by atoms with Crippen LogP contribution in [0.5, 0.6) is 0 Å². The highest BCUT2D eigenvalue weighted by molar-refractivity contribution is 5.80. The Morgan fingerprint density at radius 3 is 2.69 bits per heavy atom. The summed E-state index contributed by atoms with van der Waals surface area (Å²) >= 11 is 0. The number of rotatable bonds is 1. The second-order valence-electron chi connectivity index (χ2n) is 4.83. The molecule has 1 atom stereocenters. The van der Waals surface area contributed by atoms with Crippen molar-refractivity contribution in [2.45, 2.75) is 40.0 Å². The number of hydrogen-bond acceptors (Lipinski definition) is 1. The van der Waals surface area contributed by atoms with Gasteiger partial charge in [-0.3, -0.25) is 0 Å². The van der Waals surface area contributed by atoms with Gasteiger partial charge in [-0.1, -0.05) is 26.3 Å². The molecule has 0 radical (unpaired) electrons. The molecule has 1 unspecified atom stereocenters. The van der Waals surface area contributed by atoms with Crippen LogP contribution in [0.1, 0.15) is 40.0 Å². The minimum atomic E-state index is -0.804. The first kappa shape index (κ1) is 10.3. The molecular formula is C11H18O2. The molecule has 0 aliphatic heterocycles. The third-order valence-electron chi connectivity index (χ3n) is 2.89. The molecule has 1 fully saturated rings. The Morgan fingerprint density at radius 2 is 2.23 bits per heavy atom. The highest BCUT2D eigenvalue weighted by atomic mass is 16.4. The predicted octanol–water partition coefficient (Wildman–Crippen LogP) is 2.84. The van der Waals surface area contributed by atoms with Gasteiger partial charge in [0.15, 0.2) is 0 Å². The highest BCUT2D eigenvalue weighted by Crippen LogP contribution is 2.41. The molecule has 0 aromatic rings. The molecule has 0 amide bonds. The van der Waals surface area contributed by atoms with E-state index in [4.69, 9.17) is 5.11 Å². The molecule has 0 spiro atoms. The van der Waals surface area contributed by atoms with Crippen LogP contribution in [0.15, 0.2) is 11.6 Å². The lowest BCUT2D eigenvalue weighted by Crippen LogP contribution is -2.23. The van der Waals surface area contributed by atoms with Crippen LogP contribution >= 0.6 is 0 Å². The topological polar surface area (TPSA) is 37.3 Å². The molecule has 1 aliphatic carbocycles. The smallest absolute Gasteiger partial charge is 0.328 e. The van der Waals surface area contributed by atoms with Crippen molar-refractivity contribution in [3.8, 4) is 0 Å². The molecule has 74 valence electrons. The summed E-state index contributed by atoms with van der Waals surface area (Å²) in [6, 6.07) is 0. The van der Waals surface area contributed by atoms with E-state index in [0.717, 1.165) is 24.8 Å². The van der Waals surface area contributed by atoms with Crippen LogP contribution in [0.25, 0.3) is 0 Å². The standard InChI is InChI=1S/C11H18O2/c1-8-7-11(2,3)5-4-9(8)6-10(12)13/h6,8H,4-5,7H2,1-3H3,(H,12,13)/b9-6+. The van der Waals surface area contributed by atoms with Gasteiger partial charge in [-0.15, -0.1) is 0 Å². The van der Waals surface area contributed by atoms with Crippen molar-refractivity contribution in [2.75, 3.05) is 0 Å². The van der Waals surface area contributed by atoms with Gasteiger partial charge < -0.3 is 5.11 Å². The zero-order valence-corrected chi connectivity index (χ0v) is 8.63.